The molecule has 1 saturated carbocycles. The number of carbonyl (C=O) groups is 1. The topological polar surface area (TPSA) is 32.3 Å². The maximum Gasteiger partial charge on any atom is 0.220 e. The Morgan fingerprint density at radius 2 is 1.86 bits per heavy atom. The number of anilines is 1. The van der Waals surface area contributed by atoms with Crippen molar-refractivity contribution in [1.82, 2.24) is 5.32 Å². The third-order valence-corrected chi connectivity index (χ3v) is 6.56. The van der Waals surface area contributed by atoms with Crippen LogP contribution in [0.25, 0.3) is 0 Å². The van der Waals surface area contributed by atoms with Crippen molar-refractivity contribution in [3.8, 4) is 0 Å². The lowest BCUT2D eigenvalue weighted by Crippen LogP contribution is -2.48. The third-order valence-electron chi connectivity index (χ3n) is 6.07. The number of fused-ring (bicyclic) bond motifs is 1. The zero-order chi connectivity index (χ0) is 19.3. The molecule has 1 aliphatic carbocycles. The number of halogens is 1. The van der Waals surface area contributed by atoms with Gasteiger partial charge in [0.25, 0.3) is 0 Å². The second-order valence-electron chi connectivity index (χ2n) is 8.32. The zero-order valence-corrected chi connectivity index (χ0v) is 18.0. The molecule has 148 valence electrons. The number of hydrogen-bond donors (Lipinski definition) is 1. The molecule has 3 nitrogen and oxygen atoms in total. The smallest absolute Gasteiger partial charge is 0.220 e. The zero-order valence-electron chi connectivity index (χ0n) is 16.4. The summed E-state index contributed by atoms with van der Waals surface area (Å²) in [5.41, 5.74) is 3.88. The molecule has 1 amide bonds. The van der Waals surface area contributed by atoms with E-state index >= 15 is 0 Å². The van der Waals surface area contributed by atoms with Crippen LogP contribution in [0, 0.1) is 5.92 Å². The molecule has 0 bridgehead atoms. The first-order chi connectivity index (χ1) is 13.7. The van der Waals surface area contributed by atoms with E-state index in [1.54, 1.807) is 0 Å². The molecule has 0 saturated heterocycles. The summed E-state index contributed by atoms with van der Waals surface area (Å²) < 4.78 is 1.10. The van der Waals surface area contributed by atoms with Gasteiger partial charge in [-0.15, -0.1) is 0 Å². The van der Waals surface area contributed by atoms with Gasteiger partial charge >= 0.3 is 0 Å². The Hall–Kier alpha value is -1.81. The van der Waals surface area contributed by atoms with Crippen LogP contribution >= 0.6 is 15.9 Å². The minimum Gasteiger partial charge on any atom is -0.365 e. The minimum absolute atomic E-state index is 0.168. The number of benzene rings is 2. The number of nitrogens with zero attached hydrogens (tertiary/aromatic N) is 1. The van der Waals surface area contributed by atoms with Gasteiger partial charge in [-0.1, -0.05) is 65.5 Å². The molecule has 4 rings (SSSR count). The van der Waals surface area contributed by atoms with E-state index in [-0.39, 0.29) is 11.9 Å². The fourth-order valence-corrected chi connectivity index (χ4v) is 5.12. The summed E-state index contributed by atoms with van der Waals surface area (Å²) in [6, 6.07) is 17.2. The first kappa shape index (κ1) is 19.5. The first-order valence-corrected chi connectivity index (χ1v) is 11.3. The largest absolute Gasteiger partial charge is 0.365 e. The summed E-state index contributed by atoms with van der Waals surface area (Å²) in [4.78, 5) is 15.1. The highest BCUT2D eigenvalue weighted by molar-refractivity contribution is 9.10. The van der Waals surface area contributed by atoms with E-state index in [2.05, 4.69) is 74.7 Å². The highest BCUT2D eigenvalue weighted by atomic mass is 79.9. The van der Waals surface area contributed by atoms with Crippen LogP contribution in [0.2, 0.25) is 0 Å². The lowest BCUT2D eigenvalue weighted by atomic mass is 9.86. The van der Waals surface area contributed by atoms with Gasteiger partial charge in [-0.25, -0.2) is 0 Å². The molecular formula is C24H29BrN2O. The lowest BCUT2D eigenvalue weighted by molar-refractivity contribution is -0.122. The van der Waals surface area contributed by atoms with Crippen molar-refractivity contribution >= 4 is 27.5 Å². The van der Waals surface area contributed by atoms with Gasteiger partial charge in [0.15, 0.2) is 0 Å². The Morgan fingerprint density at radius 3 is 2.64 bits per heavy atom. The predicted octanol–water partition coefficient (Wildman–Crippen LogP) is 5.47. The van der Waals surface area contributed by atoms with Crippen LogP contribution < -0.4 is 10.2 Å². The standard InChI is InChI=1S/C24H29BrN2O/c25-21-11-12-23-20(14-21)15-22(17-27(23)16-19-9-5-2-6-10-19)26-24(28)13-18-7-3-1-4-8-18/h2,5-6,9-12,14,18,22H,1,3-4,7-8,13,15-17H2,(H,26,28). The summed E-state index contributed by atoms with van der Waals surface area (Å²) >= 11 is 3.61. The van der Waals surface area contributed by atoms with Gasteiger partial charge in [0, 0.05) is 29.7 Å². The molecule has 1 heterocycles. The molecule has 1 aliphatic heterocycles. The molecule has 28 heavy (non-hydrogen) atoms. The van der Waals surface area contributed by atoms with Crippen LogP contribution in [0.15, 0.2) is 53.0 Å². The van der Waals surface area contributed by atoms with Gasteiger partial charge in [0.1, 0.15) is 0 Å². The molecule has 0 radical (unpaired) electrons. The molecule has 4 heteroatoms. The Morgan fingerprint density at radius 1 is 1.07 bits per heavy atom. The summed E-state index contributed by atoms with van der Waals surface area (Å²) in [6.07, 6.45) is 7.93. The number of hydrogen-bond acceptors (Lipinski definition) is 2. The van der Waals surface area contributed by atoms with Crippen molar-refractivity contribution in [3.63, 3.8) is 0 Å². The van der Waals surface area contributed by atoms with Crippen molar-refractivity contribution in [1.29, 1.82) is 0 Å². The van der Waals surface area contributed by atoms with E-state index in [1.807, 2.05) is 0 Å². The van der Waals surface area contributed by atoms with Crippen LogP contribution in [0.5, 0.6) is 0 Å². The molecule has 1 unspecified atom stereocenters. The summed E-state index contributed by atoms with van der Waals surface area (Å²) in [5, 5.41) is 3.35. The Bertz CT molecular complexity index is 802. The van der Waals surface area contributed by atoms with Crippen LogP contribution in [-0.4, -0.2) is 18.5 Å². The lowest BCUT2D eigenvalue weighted by Gasteiger charge is -2.37. The van der Waals surface area contributed by atoms with Crippen LogP contribution in [-0.2, 0) is 17.8 Å². The average Bonchev–Trinajstić information content (AvgIpc) is 2.69. The highest BCUT2D eigenvalue weighted by Gasteiger charge is 2.27. The second-order valence-corrected chi connectivity index (χ2v) is 9.23. The molecule has 1 N–H and O–H groups in total. The second kappa shape index (κ2) is 9.13. The molecule has 2 aliphatic rings. The molecular weight excluding hydrogens is 412 g/mol. The molecule has 1 fully saturated rings. The fraction of sp³-hybridized carbons (Fsp3) is 0.458. The maximum absolute atomic E-state index is 12.7. The third kappa shape index (κ3) is 4.96. The number of amides is 1. The molecule has 2 aromatic carbocycles. The van der Waals surface area contributed by atoms with Crippen molar-refractivity contribution in [3.05, 3.63) is 64.1 Å². The molecule has 0 aromatic heterocycles. The van der Waals surface area contributed by atoms with E-state index in [0.29, 0.717) is 12.3 Å². The SMILES string of the molecule is O=C(CC1CCCCC1)NC1Cc2cc(Br)ccc2N(Cc2ccccc2)C1. The van der Waals surface area contributed by atoms with E-state index in [1.165, 1.54) is 48.9 Å². The molecule has 2 aromatic rings. The van der Waals surface area contributed by atoms with E-state index in [4.69, 9.17) is 0 Å². The highest BCUT2D eigenvalue weighted by Crippen LogP contribution is 2.31. The van der Waals surface area contributed by atoms with Gasteiger partial charge < -0.3 is 10.2 Å². The summed E-state index contributed by atoms with van der Waals surface area (Å²) in [6.45, 7) is 1.73. The molecule has 0 spiro atoms. The maximum atomic E-state index is 12.7. The number of carbonyl (C=O) groups excluding carboxylic acids is 1. The number of nitrogens with one attached hydrogen (secondary N) is 1. The van der Waals surface area contributed by atoms with Crippen molar-refractivity contribution < 1.29 is 4.79 Å². The van der Waals surface area contributed by atoms with E-state index in [0.717, 1.165) is 24.0 Å². The Labute approximate surface area is 176 Å². The fourth-order valence-electron chi connectivity index (χ4n) is 4.71. The Kier molecular flexibility index (Phi) is 6.36. The van der Waals surface area contributed by atoms with Crippen LogP contribution in [0.4, 0.5) is 5.69 Å². The Balaban J connectivity index is 1.46. The van der Waals surface area contributed by atoms with Gasteiger partial charge in [-0.3, -0.25) is 4.79 Å². The van der Waals surface area contributed by atoms with Gasteiger partial charge in [0.2, 0.25) is 5.91 Å². The van der Waals surface area contributed by atoms with Crippen LogP contribution in [0.3, 0.4) is 0 Å². The van der Waals surface area contributed by atoms with Gasteiger partial charge in [-0.2, -0.15) is 0 Å². The van der Waals surface area contributed by atoms with E-state index in [9.17, 15) is 4.79 Å². The van der Waals surface area contributed by atoms with E-state index < -0.39 is 0 Å². The summed E-state index contributed by atoms with van der Waals surface area (Å²) in [7, 11) is 0. The monoisotopic (exact) mass is 440 g/mol. The van der Waals surface area contributed by atoms with Crippen LogP contribution in [0.1, 0.15) is 49.7 Å². The van der Waals surface area contributed by atoms with Gasteiger partial charge in [-0.05, 0) is 54.5 Å². The quantitative estimate of drug-likeness (QED) is 0.668. The normalized spacial score (nSPS) is 19.9. The number of rotatable bonds is 5. The predicted molar refractivity (Wildman–Crippen MR) is 118 cm³/mol. The van der Waals surface area contributed by atoms with Crippen molar-refractivity contribution in [2.24, 2.45) is 5.92 Å². The van der Waals surface area contributed by atoms with Crippen molar-refractivity contribution in [2.75, 3.05) is 11.4 Å². The van der Waals surface area contributed by atoms with Crippen molar-refractivity contribution in [2.45, 2.75) is 57.5 Å². The average molecular weight is 441 g/mol. The minimum atomic E-state index is 0.168. The first-order valence-electron chi connectivity index (χ1n) is 10.5. The summed E-state index contributed by atoms with van der Waals surface area (Å²) in [5.74, 6) is 0.814. The molecule has 1 atom stereocenters. The van der Waals surface area contributed by atoms with Gasteiger partial charge in [0.05, 0.1) is 6.04 Å².